The first-order valence-corrected chi connectivity index (χ1v) is 9.55. The number of ether oxygens (including phenoxy) is 1. The van der Waals surface area contributed by atoms with Gasteiger partial charge in [0.1, 0.15) is 0 Å². The topological polar surface area (TPSA) is 24.5 Å². The van der Waals surface area contributed by atoms with Gasteiger partial charge in [-0.1, -0.05) is 0 Å². The molecule has 1 saturated heterocycles. The van der Waals surface area contributed by atoms with E-state index in [-0.39, 0.29) is 0 Å². The number of rotatable bonds is 7. The van der Waals surface area contributed by atoms with E-state index < -0.39 is 0 Å². The average molecular weight is 373 g/mol. The summed E-state index contributed by atoms with van der Waals surface area (Å²) in [6.45, 7) is 5.10. The van der Waals surface area contributed by atoms with E-state index in [2.05, 4.69) is 44.6 Å². The summed E-state index contributed by atoms with van der Waals surface area (Å²) < 4.78 is 7.02. The molecular formula is C16H25BrN2OS. The van der Waals surface area contributed by atoms with Crippen LogP contribution < -0.4 is 5.32 Å². The fraction of sp³-hybridized carbons (Fsp3) is 0.750. The molecule has 2 aliphatic rings. The number of halogens is 1. The first-order valence-electron chi connectivity index (χ1n) is 7.88. The van der Waals surface area contributed by atoms with Crippen molar-refractivity contribution in [2.24, 2.45) is 5.41 Å². The van der Waals surface area contributed by atoms with Crippen molar-refractivity contribution in [3.05, 3.63) is 20.8 Å². The lowest BCUT2D eigenvalue weighted by molar-refractivity contribution is -0.0238. The summed E-state index contributed by atoms with van der Waals surface area (Å²) >= 11 is 5.37. The molecule has 1 aliphatic heterocycles. The summed E-state index contributed by atoms with van der Waals surface area (Å²) in [6, 6.07) is 3.01. The molecule has 3 rings (SSSR count). The zero-order valence-corrected chi connectivity index (χ0v) is 15.1. The van der Waals surface area contributed by atoms with Crippen molar-refractivity contribution < 1.29 is 4.74 Å². The maximum absolute atomic E-state index is 5.82. The van der Waals surface area contributed by atoms with E-state index in [1.807, 2.05) is 11.3 Å². The van der Waals surface area contributed by atoms with Gasteiger partial charge < -0.3 is 15.0 Å². The molecule has 2 heterocycles. The zero-order chi connectivity index (χ0) is 14.7. The number of hydrogen-bond donors (Lipinski definition) is 1. The molecule has 0 aromatic carbocycles. The smallest absolute Gasteiger partial charge is 0.0546 e. The Morgan fingerprint density at radius 2 is 2.38 bits per heavy atom. The molecule has 3 nitrogen and oxygen atoms in total. The highest BCUT2D eigenvalue weighted by Crippen LogP contribution is 2.31. The second kappa shape index (κ2) is 7.09. The Kier molecular flexibility index (Phi) is 5.38. The van der Waals surface area contributed by atoms with Gasteiger partial charge in [-0.05, 0) is 54.7 Å². The van der Waals surface area contributed by atoms with E-state index in [4.69, 9.17) is 4.74 Å². The lowest BCUT2D eigenvalue weighted by Gasteiger charge is -2.40. The SMILES string of the molecule is CN(Cc1cc(Br)cs1)CC1(CNC2CC2)CCCOC1. The minimum atomic E-state index is 0.296. The Labute approximate surface area is 140 Å². The highest BCUT2D eigenvalue weighted by molar-refractivity contribution is 9.10. The molecule has 118 valence electrons. The summed E-state index contributed by atoms with van der Waals surface area (Å²) in [5, 5.41) is 5.89. The number of nitrogens with one attached hydrogen (secondary N) is 1. The van der Waals surface area contributed by atoms with E-state index in [0.717, 1.165) is 38.9 Å². The van der Waals surface area contributed by atoms with Crippen molar-refractivity contribution in [3.8, 4) is 0 Å². The molecule has 1 saturated carbocycles. The van der Waals surface area contributed by atoms with Crippen LogP contribution >= 0.6 is 27.3 Å². The van der Waals surface area contributed by atoms with Crippen LogP contribution in [0.1, 0.15) is 30.6 Å². The Morgan fingerprint density at radius 3 is 3.00 bits per heavy atom. The van der Waals surface area contributed by atoms with Crippen LogP contribution in [0.2, 0.25) is 0 Å². The third-order valence-corrected chi connectivity index (χ3v) is 6.08. The highest BCUT2D eigenvalue weighted by Gasteiger charge is 2.35. The van der Waals surface area contributed by atoms with Crippen LogP contribution in [0.3, 0.4) is 0 Å². The van der Waals surface area contributed by atoms with Crippen LogP contribution in [0.5, 0.6) is 0 Å². The van der Waals surface area contributed by atoms with Crippen molar-refractivity contribution in [3.63, 3.8) is 0 Å². The van der Waals surface area contributed by atoms with Gasteiger partial charge in [0.15, 0.2) is 0 Å². The van der Waals surface area contributed by atoms with Crippen molar-refractivity contribution in [2.45, 2.75) is 38.3 Å². The van der Waals surface area contributed by atoms with Crippen LogP contribution in [0.4, 0.5) is 0 Å². The van der Waals surface area contributed by atoms with Gasteiger partial charge in [0.05, 0.1) is 6.61 Å². The van der Waals surface area contributed by atoms with Gasteiger partial charge in [-0.3, -0.25) is 0 Å². The summed E-state index contributed by atoms with van der Waals surface area (Å²) in [6.07, 6.45) is 5.20. The van der Waals surface area contributed by atoms with E-state index in [0.29, 0.717) is 5.41 Å². The highest BCUT2D eigenvalue weighted by atomic mass is 79.9. The largest absolute Gasteiger partial charge is 0.381 e. The predicted molar refractivity (Wildman–Crippen MR) is 91.9 cm³/mol. The zero-order valence-electron chi connectivity index (χ0n) is 12.7. The summed E-state index contributed by atoms with van der Waals surface area (Å²) in [5.74, 6) is 0. The molecule has 0 radical (unpaired) electrons. The average Bonchev–Trinajstić information content (AvgIpc) is 3.21. The van der Waals surface area contributed by atoms with Crippen LogP contribution in [-0.2, 0) is 11.3 Å². The fourth-order valence-corrected chi connectivity index (χ4v) is 4.74. The molecule has 1 aromatic rings. The van der Waals surface area contributed by atoms with E-state index in [1.165, 1.54) is 35.0 Å². The van der Waals surface area contributed by atoms with Crippen molar-refractivity contribution >= 4 is 27.3 Å². The van der Waals surface area contributed by atoms with Crippen molar-refractivity contribution in [2.75, 3.05) is 33.4 Å². The summed E-state index contributed by atoms with van der Waals surface area (Å²) in [7, 11) is 2.24. The molecular weight excluding hydrogens is 348 g/mol. The molecule has 21 heavy (non-hydrogen) atoms. The Bertz CT molecular complexity index is 455. The predicted octanol–water partition coefficient (Wildman–Crippen LogP) is 3.49. The lowest BCUT2D eigenvalue weighted by atomic mass is 9.81. The van der Waals surface area contributed by atoms with Gasteiger partial charge in [0.2, 0.25) is 0 Å². The number of thiophene rings is 1. The second-order valence-corrected chi connectivity index (χ2v) is 8.63. The third kappa shape index (κ3) is 4.76. The second-order valence-electron chi connectivity index (χ2n) is 6.71. The molecule has 1 N–H and O–H groups in total. The minimum Gasteiger partial charge on any atom is -0.381 e. The molecule has 0 amide bonds. The van der Waals surface area contributed by atoms with Crippen molar-refractivity contribution in [1.29, 1.82) is 0 Å². The minimum absolute atomic E-state index is 0.296. The van der Waals surface area contributed by atoms with Gasteiger partial charge in [0, 0.05) is 52.4 Å². The van der Waals surface area contributed by atoms with Crippen LogP contribution in [0, 0.1) is 5.41 Å². The van der Waals surface area contributed by atoms with E-state index in [9.17, 15) is 0 Å². The maximum Gasteiger partial charge on any atom is 0.0546 e. The molecule has 1 unspecified atom stereocenters. The molecule has 1 aliphatic carbocycles. The molecule has 0 spiro atoms. The van der Waals surface area contributed by atoms with Crippen molar-refractivity contribution in [1.82, 2.24) is 10.2 Å². The number of nitrogens with zero attached hydrogens (tertiary/aromatic N) is 1. The molecule has 2 fully saturated rings. The third-order valence-electron chi connectivity index (χ3n) is 4.40. The van der Waals surface area contributed by atoms with Gasteiger partial charge >= 0.3 is 0 Å². The summed E-state index contributed by atoms with van der Waals surface area (Å²) in [4.78, 5) is 3.88. The molecule has 5 heteroatoms. The fourth-order valence-electron chi connectivity index (χ4n) is 3.21. The van der Waals surface area contributed by atoms with Gasteiger partial charge in [-0.2, -0.15) is 0 Å². The maximum atomic E-state index is 5.82. The normalized spacial score (nSPS) is 26.4. The van der Waals surface area contributed by atoms with Crippen LogP contribution in [-0.4, -0.2) is 44.3 Å². The number of hydrogen-bond acceptors (Lipinski definition) is 4. The van der Waals surface area contributed by atoms with E-state index >= 15 is 0 Å². The Morgan fingerprint density at radius 1 is 1.52 bits per heavy atom. The molecule has 0 bridgehead atoms. The molecule has 1 aromatic heterocycles. The van der Waals surface area contributed by atoms with Gasteiger partial charge in [-0.25, -0.2) is 0 Å². The monoisotopic (exact) mass is 372 g/mol. The van der Waals surface area contributed by atoms with Crippen LogP contribution in [0.15, 0.2) is 15.9 Å². The van der Waals surface area contributed by atoms with Gasteiger partial charge in [0.25, 0.3) is 0 Å². The first-order chi connectivity index (χ1) is 10.2. The Hall–Kier alpha value is 0.0600. The first kappa shape index (κ1) is 15.9. The van der Waals surface area contributed by atoms with E-state index in [1.54, 1.807) is 0 Å². The summed E-state index contributed by atoms with van der Waals surface area (Å²) in [5.41, 5.74) is 0.296. The van der Waals surface area contributed by atoms with Crippen LogP contribution in [0.25, 0.3) is 0 Å². The van der Waals surface area contributed by atoms with Gasteiger partial charge in [-0.15, -0.1) is 11.3 Å². The standard InChI is InChI=1S/C16H25BrN2OS/c1-19(8-15-7-13(17)9-21-15)11-16(5-2-6-20-12-16)10-18-14-3-4-14/h7,9,14,18H,2-6,8,10-12H2,1H3. The lowest BCUT2D eigenvalue weighted by Crippen LogP contribution is -2.48. The molecule has 1 atom stereocenters. The quantitative estimate of drug-likeness (QED) is 0.792. The Balaban J connectivity index is 1.56.